The summed E-state index contributed by atoms with van der Waals surface area (Å²) < 4.78 is 0. The number of benzene rings is 2. The molecule has 1 aliphatic carbocycles. The lowest BCUT2D eigenvalue weighted by Crippen LogP contribution is -2.46. The molecule has 3 rings (SSSR count). The molecular weight excluding hydrogens is 434 g/mol. The van der Waals surface area contributed by atoms with E-state index in [1.165, 1.54) is 0 Å². The Labute approximate surface area is 210 Å². The minimum absolute atomic E-state index is 0.0800. The maximum atomic E-state index is 12.3. The molecule has 4 N–H and O–H groups in total. The molecule has 0 spiro atoms. The van der Waals surface area contributed by atoms with Gasteiger partial charge in [0.05, 0.1) is 12.1 Å². The number of fused-ring (bicyclic) bond motifs is 1. The molecule has 0 aliphatic heterocycles. The molecule has 0 aromatic heterocycles. The van der Waals surface area contributed by atoms with Crippen LogP contribution < -0.4 is 16.4 Å². The summed E-state index contributed by atoms with van der Waals surface area (Å²) in [5.74, 6) is 0.0693. The van der Waals surface area contributed by atoms with Crippen molar-refractivity contribution in [3.8, 4) is 0 Å². The topological polar surface area (TPSA) is 84.2 Å². The van der Waals surface area contributed by atoms with Crippen molar-refractivity contribution in [2.75, 3.05) is 6.54 Å². The maximum Gasteiger partial charge on any atom is 0.234 e. The van der Waals surface area contributed by atoms with Gasteiger partial charge in [-0.2, -0.15) is 0 Å². The summed E-state index contributed by atoms with van der Waals surface area (Å²) in [5.41, 5.74) is 7.77. The van der Waals surface area contributed by atoms with Crippen molar-refractivity contribution in [1.82, 2.24) is 10.6 Å². The van der Waals surface area contributed by atoms with Crippen molar-refractivity contribution < 1.29 is 9.59 Å². The molecule has 35 heavy (non-hydrogen) atoms. The third-order valence-corrected chi connectivity index (χ3v) is 6.10. The largest absolute Gasteiger partial charge is 0.368 e. The molecule has 0 saturated carbocycles. The second-order valence-electron chi connectivity index (χ2n) is 8.92. The number of nitrogens with one attached hydrogen (secondary N) is 2. The Morgan fingerprint density at radius 3 is 2.49 bits per heavy atom. The van der Waals surface area contributed by atoms with E-state index in [0.717, 1.165) is 28.3 Å². The van der Waals surface area contributed by atoms with Crippen LogP contribution in [0.3, 0.4) is 0 Å². The van der Waals surface area contributed by atoms with Gasteiger partial charge in [0.2, 0.25) is 5.91 Å². The average Bonchev–Trinajstić information content (AvgIpc) is 3.07. The molecule has 5 heteroatoms. The van der Waals surface area contributed by atoms with Crippen molar-refractivity contribution in [1.29, 1.82) is 0 Å². The van der Waals surface area contributed by atoms with E-state index in [9.17, 15) is 9.59 Å². The molecule has 0 bridgehead atoms. The summed E-state index contributed by atoms with van der Waals surface area (Å²) in [6.07, 6.45) is 11.5. The number of primary amides is 1. The van der Waals surface area contributed by atoms with Gasteiger partial charge < -0.3 is 16.4 Å². The predicted molar refractivity (Wildman–Crippen MR) is 147 cm³/mol. The number of Topliss-reactive ketones (excluding diaryl/α,β-unsaturated/α-hetero) is 1. The zero-order valence-corrected chi connectivity index (χ0v) is 21.8. The second-order valence-corrected chi connectivity index (χ2v) is 8.92. The zero-order valence-electron chi connectivity index (χ0n) is 21.8. The van der Waals surface area contributed by atoms with Crippen molar-refractivity contribution in [2.45, 2.75) is 65.6 Å². The third-order valence-electron chi connectivity index (χ3n) is 6.10. The Hall–Kier alpha value is -3.02. The summed E-state index contributed by atoms with van der Waals surface area (Å²) in [6, 6.07) is 13.6. The number of hydrogen-bond donors (Lipinski definition) is 3. The number of rotatable bonds is 11. The van der Waals surface area contributed by atoms with Gasteiger partial charge in [0.1, 0.15) is 0 Å². The summed E-state index contributed by atoms with van der Waals surface area (Å²) in [7, 11) is 0. The van der Waals surface area contributed by atoms with Crippen molar-refractivity contribution in [3.05, 3.63) is 84.0 Å². The monoisotopic (exact) mass is 475 g/mol. The van der Waals surface area contributed by atoms with E-state index in [1.807, 2.05) is 56.3 Å². The number of amides is 1. The van der Waals surface area contributed by atoms with E-state index < -0.39 is 6.04 Å². The molecule has 4 atom stereocenters. The van der Waals surface area contributed by atoms with Crippen LogP contribution in [-0.4, -0.2) is 36.4 Å². The van der Waals surface area contributed by atoms with E-state index >= 15 is 0 Å². The van der Waals surface area contributed by atoms with Crippen LogP contribution in [0.25, 0.3) is 10.8 Å². The summed E-state index contributed by atoms with van der Waals surface area (Å²) in [5, 5.41) is 9.06. The molecule has 188 valence electrons. The van der Waals surface area contributed by atoms with Crippen molar-refractivity contribution in [2.24, 2.45) is 11.7 Å². The molecule has 0 heterocycles. The summed E-state index contributed by atoms with van der Waals surface area (Å²) in [6.45, 7) is 10.4. The van der Waals surface area contributed by atoms with Crippen LogP contribution in [0.2, 0.25) is 0 Å². The highest BCUT2D eigenvalue weighted by Gasteiger charge is 2.21. The lowest BCUT2D eigenvalue weighted by atomic mass is 9.98. The van der Waals surface area contributed by atoms with Gasteiger partial charge in [-0.3, -0.25) is 9.59 Å². The fourth-order valence-electron chi connectivity index (χ4n) is 4.17. The van der Waals surface area contributed by atoms with Crippen molar-refractivity contribution >= 4 is 22.5 Å². The molecule has 2 aromatic carbocycles. The first-order valence-electron chi connectivity index (χ1n) is 12.7. The average molecular weight is 476 g/mol. The van der Waals surface area contributed by atoms with Gasteiger partial charge in [-0.15, -0.1) is 0 Å². The van der Waals surface area contributed by atoms with Gasteiger partial charge in [0.25, 0.3) is 0 Å². The number of allylic oxidation sites excluding steroid dienone is 4. The Kier molecular flexibility index (Phi) is 11.6. The highest BCUT2D eigenvalue weighted by molar-refractivity contribution is 5.87. The summed E-state index contributed by atoms with van der Waals surface area (Å²) in [4.78, 5) is 24.4. The molecule has 5 nitrogen and oxygen atoms in total. The fourth-order valence-corrected chi connectivity index (χ4v) is 4.17. The van der Waals surface area contributed by atoms with Crippen LogP contribution in [0.5, 0.6) is 0 Å². The normalized spacial score (nSPS) is 17.5. The molecule has 0 radical (unpaired) electrons. The molecule has 0 saturated heterocycles. The van der Waals surface area contributed by atoms with Crippen molar-refractivity contribution in [3.63, 3.8) is 0 Å². The van der Waals surface area contributed by atoms with Crippen LogP contribution in [-0.2, 0) is 16.0 Å². The lowest BCUT2D eigenvalue weighted by Gasteiger charge is -2.23. The van der Waals surface area contributed by atoms with Gasteiger partial charge in [-0.25, -0.2) is 0 Å². The van der Waals surface area contributed by atoms with Crippen LogP contribution in [0.1, 0.15) is 46.6 Å². The molecule has 1 aliphatic rings. The first kappa shape index (κ1) is 28.2. The van der Waals surface area contributed by atoms with E-state index in [-0.39, 0.29) is 23.8 Å². The zero-order chi connectivity index (χ0) is 25.8. The minimum Gasteiger partial charge on any atom is -0.368 e. The SMILES string of the molecule is CC.CC(=O)C(NC(C)CCNC(Cc1cccc2ccccc12)C(N)=O)C1=CC=CC(C)C=C1. The highest BCUT2D eigenvalue weighted by atomic mass is 16.1. The minimum atomic E-state index is -0.453. The number of hydrogen-bond acceptors (Lipinski definition) is 4. The van der Waals surface area contributed by atoms with Crippen LogP contribution in [0.15, 0.2) is 78.4 Å². The van der Waals surface area contributed by atoms with Gasteiger partial charge in [-0.05, 0) is 61.1 Å². The Balaban J connectivity index is 0.00000210. The quantitative estimate of drug-likeness (QED) is 0.433. The first-order chi connectivity index (χ1) is 16.8. The predicted octanol–water partition coefficient (Wildman–Crippen LogP) is 4.87. The Morgan fingerprint density at radius 2 is 1.77 bits per heavy atom. The highest BCUT2D eigenvalue weighted by Crippen LogP contribution is 2.20. The van der Waals surface area contributed by atoms with Gasteiger partial charge in [0.15, 0.2) is 5.78 Å². The lowest BCUT2D eigenvalue weighted by molar-refractivity contribution is -0.120. The van der Waals surface area contributed by atoms with Gasteiger partial charge in [0, 0.05) is 6.04 Å². The molecule has 0 fully saturated rings. The van der Waals surface area contributed by atoms with E-state index in [4.69, 9.17) is 5.73 Å². The number of carbonyl (C=O) groups excluding carboxylic acids is 2. The number of nitrogens with two attached hydrogens (primary N) is 1. The number of ketones is 1. The van der Waals surface area contributed by atoms with Crippen LogP contribution >= 0.6 is 0 Å². The smallest absolute Gasteiger partial charge is 0.234 e. The third kappa shape index (κ3) is 8.61. The first-order valence-corrected chi connectivity index (χ1v) is 12.7. The second kappa shape index (κ2) is 14.4. The van der Waals surface area contributed by atoms with Gasteiger partial charge in [-0.1, -0.05) is 93.6 Å². The molecule has 4 unspecified atom stereocenters. The number of carbonyl (C=O) groups is 2. The van der Waals surface area contributed by atoms with Gasteiger partial charge >= 0.3 is 0 Å². The van der Waals surface area contributed by atoms with Crippen LogP contribution in [0.4, 0.5) is 0 Å². The fraction of sp³-hybridized carbons (Fsp3) is 0.400. The summed E-state index contributed by atoms with van der Waals surface area (Å²) >= 11 is 0. The standard InChI is InChI=1S/C28H35N3O2.C2H6/c1-19-8-6-11-23(15-14-19)27(21(3)32)31-20(2)16-17-30-26(28(29)33)18-24-12-7-10-22-9-4-5-13-25(22)24;1-2/h4-15,19-20,26-27,30-31H,16-18H2,1-3H3,(H2,29,33);1-2H3. The van der Waals surface area contributed by atoms with Crippen LogP contribution in [0, 0.1) is 5.92 Å². The van der Waals surface area contributed by atoms with E-state index in [0.29, 0.717) is 18.9 Å². The molecule has 2 aromatic rings. The Morgan fingerprint density at radius 1 is 1.06 bits per heavy atom. The maximum absolute atomic E-state index is 12.3. The molecule has 1 amide bonds. The van der Waals surface area contributed by atoms with E-state index in [1.54, 1.807) is 6.92 Å². The van der Waals surface area contributed by atoms with E-state index in [2.05, 4.69) is 54.8 Å². The Bertz CT molecular complexity index is 1060. The molecular formula is C30H41N3O2.